The van der Waals surface area contributed by atoms with Gasteiger partial charge in [-0.3, -0.25) is 0 Å². The third kappa shape index (κ3) is 125. The van der Waals surface area contributed by atoms with Crippen LogP contribution >= 0.6 is 20.4 Å². The Hall–Kier alpha value is 2.44. The molecule has 2 N–H and O–H groups in total. The normalized spacial score (nSPS) is 5.67. The summed E-state index contributed by atoms with van der Waals surface area (Å²) in [5.41, 5.74) is 0. The molecule has 0 heterocycles. The second kappa shape index (κ2) is 13.1. The number of hydrogen-bond donors (Lipinski definition) is 2. The van der Waals surface area contributed by atoms with E-state index >= 15 is 0 Å². The molecule has 0 unspecified atom stereocenters. The van der Waals surface area contributed by atoms with Crippen molar-refractivity contribution in [2.45, 2.75) is 0 Å². The Kier molecular flexibility index (Phi) is 25.4. The first-order valence-electron chi connectivity index (χ1n) is 1.31. The summed E-state index contributed by atoms with van der Waals surface area (Å²) in [5, 5.41) is 13.9. The molecule has 51 valence electrons. The number of halogens is 3. The van der Waals surface area contributed by atoms with Crippen LogP contribution < -0.4 is 0 Å². The van der Waals surface area contributed by atoms with Gasteiger partial charge in [-0.15, -0.1) is 0 Å². The molecule has 9 heavy (non-hydrogen) atoms. The van der Waals surface area contributed by atoms with Crippen molar-refractivity contribution in [3.63, 3.8) is 0 Å². The van der Waals surface area contributed by atoms with Crippen LogP contribution in [0.1, 0.15) is 0 Å². The van der Waals surface area contributed by atoms with Gasteiger partial charge in [0.1, 0.15) is 0 Å². The molecule has 1 radical (unpaired) electrons. The zero-order valence-corrected chi connectivity index (χ0v) is 12.8. The molecule has 3 nitrogen and oxygen atoms in total. The van der Waals surface area contributed by atoms with E-state index < -0.39 is 31.8 Å². The van der Waals surface area contributed by atoms with Gasteiger partial charge in [0, 0.05) is 32.7 Å². The molecule has 8 heteroatoms. The Morgan fingerprint density at radius 1 is 1.22 bits per heavy atom. The van der Waals surface area contributed by atoms with Gasteiger partial charge in [-0.25, -0.2) is 4.79 Å². The molecule has 0 aliphatic heterocycles. The third-order valence-electron chi connectivity index (χ3n) is 0. The van der Waals surface area contributed by atoms with Crippen LogP contribution in [-0.4, -0.2) is 16.4 Å². The zero-order chi connectivity index (χ0) is 7.15. The maximum atomic E-state index is 8.56. The van der Waals surface area contributed by atoms with Gasteiger partial charge in [0.15, 0.2) is 0 Å². The fourth-order valence-corrected chi connectivity index (χ4v) is 0. The average Bonchev–Trinajstić information content (AvgIpc) is 1.25. The molecule has 0 aromatic rings. The van der Waals surface area contributed by atoms with E-state index in [9.17, 15) is 0 Å². The van der Waals surface area contributed by atoms with Crippen LogP contribution in [0.2, 0.25) is 0 Å². The summed E-state index contributed by atoms with van der Waals surface area (Å²) in [7, 11) is 0. The molecule has 0 rings (SSSR count). The van der Waals surface area contributed by atoms with Gasteiger partial charge in [0.25, 0.3) is 0 Å². The second-order valence-electron chi connectivity index (χ2n) is 0.530. The molecule has 0 amide bonds. The van der Waals surface area contributed by atoms with E-state index in [2.05, 4.69) is 0 Å². The van der Waals surface area contributed by atoms with Crippen molar-refractivity contribution in [2.75, 3.05) is 0 Å². The van der Waals surface area contributed by atoms with Gasteiger partial charge in [-0.1, -0.05) is 0 Å². The molecule has 0 fully saturated rings. The number of carbonyl (C=O) groups is 1. The van der Waals surface area contributed by atoms with Crippen molar-refractivity contribution in [1.82, 2.24) is 0 Å². The monoisotopic (exact) mass is 395 g/mol. The van der Waals surface area contributed by atoms with Crippen LogP contribution in [0.25, 0.3) is 0 Å². The first kappa shape index (κ1) is 17.5. The predicted octanol–water partition coefficient (Wildman–Crippen LogP) is 2.29. The van der Waals surface area contributed by atoms with Crippen LogP contribution in [0, 0.1) is 25.7 Å². The molecule has 0 aromatic carbocycles. The van der Waals surface area contributed by atoms with Gasteiger partial charge in [-0.2, -0.15) is 0 Å². The summed E-state index contributed by atoms with van der Waals surface area (Å²) in [6, 6.07) is 0. The maximum Gasteiger partial charge on any atom is 0 e. The minimum atomic E-state index is -2.31. The van der Waals surface area contributed by atoms with E-state index in [0.717, 1.165) is 0 Å². The van der Waals surface area contributed by atoms with Crippen LogP contribution in [-0.2, 0) is 32.7 Å². The van der Waals surface area contributed by atoms with Crippen molar-refractivity contribution in [3.05, 3.63) is 0 Å². The molecular weight excluding hydrogens is 394 g/mol. The van der Waals surface area contributed by atoms with E-state index in [0.29, 0.717) is 0 Å². The molecular formula is CH2Cl3LaO3Y. The molecule has 0 aliphatic rings. The summed E-state index contributed by atoms with van der Waals surface area (Å²) in [5.74, 6) is 0. The number of carboxylic acid groups (broad SMARTS) is 2. The average molecular weight is 396 g/mol. The minimum Gasteiger partial charge on any atom is 0 e. The van der Waals surface area contributed by atoms with Crippen molar-refractivity contribution in [1.29, 1.82) is 0 Å². The first-order valence-corrected chi connectivity index (χ1v) is 14.9. The Bertz CT molecular complexity index is 63.3. The van der Waals surface area contributed by atoms with Crippen LogP contribution in [0.4, 0.5) is 4.79 Å². The Morgan fingerprint density at radius 2 is 1.22 bits per heavy atom. The largest absolute Gasteiger partial charge is 0 e. The van der Waals surface area contributed by atoms with Gasteiger partial charge in [0.2, 0.25) is 0 Å². The Labute approximate surface area is 97.6 Å². The van der Waals surface area contributed by atoms with E-state index in [1.54, 1.807) is 0 Å². The van der Waals surface area contributed by atoms with Crippen molar-refractivity contribution < 1.29 is 73.4 Å². The van der Waals surface area contributed by atoms with Gasteiger partial charge >= 0.3 is 52.2 Å². The molecule has 0 aromatic heterocycles. The van der Waals surface area contributed by atoms with Crippen LogP contribution in [0.5, 0.6) is 0 Å². The zero-order valence-electron chi connectivity index (χ0n) is 4.09. The van der Waals surface area contributed by atoms with Crippen LogP contribution in [0.3, 0.4) is 0 Å². The van der Waals surface area contributed by atoms with E-state index in [1.165, 1.54) is 0 Å². The Balaban J connectivity index is -0.0000000720. The third-order valence-corrected chi connectivity index (χ3v) is 0. The SMILES string of the molecule is O=C(O)O.[Cl][La]([Cl])[Cl].[Y]. The number of rotatable bonds is 0. The summed E-state index contributed by atoms with van der Waals surface area (Å²) in [6.45, 7) is 15.1. The van der Waals surface area contributed by atoms with Gasteiger partial charge in [0.05, 0.1) is 0 Å². The first-order chi connectivity index (χ1) is 3.46. The standard InChI is InChI=1S/CH2O3.3ClH.La.Y/c2-1(3)4;;;;;/h(H2,2,3,4);3*1H;;/q;;;;+3;/p-3. The second-order valence-corrected chi connectivity index (χ2v) is 16.5. The molecule has 0 saturated heterocycles. The fraction of sp³-hybridized carbons (Fsp3) is 0. The van der Waals surface area contributed by atoms with Gasteiger partial charge < -0.3 is 10.2 Å². The molecule has 0 atom stereocenters. The van der Waals surface area contributed by atoms with Gasteiger partial charge in [-0.05, 0) is 0 Å². The van der Waals surface area contributed by atoms with E-state index in [-0.39, 0.29) is 32.7 Å². The summed E-state index contributed by atoms with van der Waals surface area (Å²) >= 11 is -2.31. The summed E-state index contributed by atoms with van der Waals surface area (Å²) in [6.07, 6.45) is -1.83. The van der Waals surface area contributed by atoms with Crippen molar-refractivity contribution in [3.8, 4) is 0 Å². The smallest absolute Gasteiger partial charge is 0 e. The van der Waals surface area contributed by atoms with E-state index in [1.807, 2.05) is 0 Å². The maximum absolute atomic E-state index is 8.56. The van der Waals surface area contributed by atoms with Crippen molar-refractivity contribution >= 4 is 26.5 Å². The topological polar surface area (TPSA) is 57.5 Å². The molecule has 0 bridgehead atoms. The van der Waals surface area contributed by atoms with E-state index in [4.69, 9.17) is 35.4 Å². The predicted molar refractivity (Wildman–Crippen MR) is 28.2 cm³/mol. The number of hydrogen-bond acceptors (Lipinski definition) is 1. The van der Waals surface area contributed by atoms with Crippen molar-refractivity contribution in [2.24, 2.45) is 0 Å². The fourth-order valence-electron chi connectivity index (χ4n) is 0. The molecule has 0 saturated carbocycles. The molecule has 0 spiro atoms. The summed E-state index contributed by atoms with van der Waals surface area (Å²) in [4.78, 5) is 8.56. The Morgan fingerprint density at radius 3 is 1.22 bits per heavy atom. The summed E-state index contributed by atoms with van der Waals surface area (Å²) < 4.78 is 0. The van der Waals surface area contributed by atoms with Crippen LogP contribution in [0.15, 0.2) is 0 Å². The quantitative estimate of drug-likeness (QED) is 0.661. The molecule has 0 aliphatic carbocycles. The minimum absolute atomic E-state index is 0.